The van der Waals surface area contributed by atoms with E-state index in [1.165, 1.54) is 0 Å². The van der Waals surface area contributed by atoms with Crippen molar-refractivity contribution in [2.75, 3.05) is 10.1 Å². The van der Waals surface area contributed by atoms with Crippen molar-refractivity contribution < 1.29 is 4.94 Å². The van der Waals surface area contributed by atoms with Crippen LogP contribution in [0.15, 0.2) is 121 Å². The van der Waals surface area contributed by atoms with Crippen LogP contribution < -0.4 is 10.1 Å². The van der Waals surface area contributed by atoms with Gasteiger partial charge in [0, 0.05) is 0 Å². The summed E-state index contributed by atoms with van der Waals surface area (Å²) in [4.78, 5) is 6.46. The Hall–Kier alpha value is -3.56. The Morgan fingerprint density at radius 3 is 0.778 bits per heavy atom. The minimum absolute atomic E-state index is 0.945. The Balaban J connectivity index is 1.77. The van der Waals surface area contributed by atoms with Gasteiger partial charge in [-0.25, -0.2) is 0 Å². The number of rotatable bonds is 6. The maximum absolute atomic E-state index is 6.46. The number of para-hydroxylation sites is 4. The number of nitrogens with zero attached hydrogens (tertiary/aromatic N) is 2. The zero-order valence-electron chi connectivity index (χ0n) is 14.8. The van der Waals surface area contributed by atoms with Crippen LogP contribution in [0.1, 0.15) is 0 Å². The van der Waals surface area contributed by atoms with Crippen LogP contribution in [-0.4, -0.2) is 0 Å². The van der Waals surface area contributed by atoms with E-state index in [2.05, 4.69) is 0 Å². The van der Waals surface area contributed by atoms with E-state index in [1.807, 2.05) is 131 Å². The predicted molar refractivity (Wildman–Crippen MR) is 111 cm³/mol. The minimum Gasteiger partial charge on any atom is -0.197 e. The quantitative estimate of drug-likeness (QED) is 0.368. The Bertz CT molecular complexity index is 785. The first-order valence-corrected chi connectivity index (χ1v) is 8.90. The van der Waals surface area contributed by atoms with Crippen LogP contribution in [0.2, 0.25) is 0 Å². The van der Waals surface area contributed by atoms with Crippen LogP contribution in [0.4, 0.5) is 22.7 Å². The highest BCUT2D eigenvalue weighted by molar-refractivity contribution is 5.64. The number of hydrogen-bond acceptors (Lipinski definition) is 3. The Labute approximate surface area is 159 Å². The molecule has 3 heteroatoms. The van der Waals surface area contributed by atoms with Gasteiger partial charge in [-0.15, -0.1) is 4.94 Å². The summed E-state index contributed by atoms with van der Waals surface area (Å²) in [6.45, 7) is 0. The highest BCUT2D eigenvalue weighted by Crippen LogP contribution is 2.32. The Morgan fingerprint density at radius 1 is 0.333 bits per heavy atom. The number of benzene rings is 4. The molecule has 0 aromatic heterocycles. The molecule has 4 aromatic carbocycles. The average molecular weight is 352 g/mol. The van der Waals surface area contributed by atoms with Gasteiger partial charge in [0.25, 0.3) is 0 Å². The lowest BCUT2D eigenvalue weighted by Gasteiger charge is -2.31. The molecule has 0 saturated heterocycles. The predicted octanol–water partition coefficient (Wildman–Crippen LogP) is 6.51. The summed E-state index contributed by atoms with van der Waals surface area (Å²) in [5.74, 6) is 0. The second-order valence-electron chi connectivity index (χ2n) is 6.01. The molecule has 4 rings (SSSR count). The Kier molecular flexibility index (Phi) is 5.14. The van der Waals surface area contributed by atoms with Crippen LogP contribution >= 0.6 is 0 Å². The van der Waals surface area contributed by atoms with Gasteiger partial charge in [0.1, 0.15) is 0 Å². The molecule has 0 bridgehead atoms. The van der Waals surface area contributed by atoms with Gasteiger partial charge in [-0.05, 0) is 48.5 Å². The SMILES string of the molecule is c1ccc(N(ON(c2ccccc2)c2ccccc2)c2ccccc2)cc1. The maximum atomic E-state index is 6.46. The fourth-order valence-corrected chi connectivity index (χ4v) is 2.82. The molecule has 0 aliphatic carbocycles. The lowest BCUT2D eigenvalue weighted by Crippen LogP contribution is -2.29. The van der Waals surface area contributed by atoms with Crippen molar-refractivity contribution in [1.82, 2.24) is 0 Å². The van der Waals surface area contributed by atoms with E-state index in [0.717, 1.165) is 22.7 Å². The van der Waals surface area contributed by atoms with E-state index in [4.69, 9.17) is 4.94 Å². The molecule has 132 valence electrons. The zero-order chi connectivity index (χ0) is 18.3. The monoisotopic (exact) mass is 352 g/mol. The van der Waals surface area contributed by atoms with Gasteiger partial charge in [-0.1, -0.05) is 72.8 Å². The lowest BCUT2D eigenvalue weighted by molar-refractivity contribution is 0.137. The van der Waals surface area contributed by atoms with Gasteiger partial charge in [0.05, 0.1) is 22.7 Å². The van der Waals surface area contributed by atoms with Gasteiger partial charge >= 0.3 is 0 Å². The van der Waals surface area contributed by atoms with Crippen molar-refractivity contribution in [3.8, 4) is 0 Å². The van der Waals surface area contributed by atoms with E-state index in [-0.39, 0.29) is 0 Å². The van der Waals surface area contributed by atoms with Crippen LogP contribution in [0.3, 0.4) is 0 Å². The van der Waals surface area contributed by atoms with E-state index in [0.29, 0.717) is 0 Å². The summed E-state index contributed by atoms with van der Waals surface area (Å²) in [7, 11) is 0. The fourth-order valence-electron chi connectivity index (χ4n) is 2.82. The zero-order valence-corrected chi connectivity index (χ0v) is 14.8. The molecule has 0 amide bonds. The summed E-state index contributed by atoms with van der Waals surface area (Å²) < 4.78 is 0. The molecule has 0 aliphatic heterocycles. The molecule has 0 unspecified atom stereocenters. The first-order valence-electron chi connectivity index (χ1n) is 8.90. The lowest BCUT2D eigenvalue weighted by atomic mass is 10.2. The molecule has 0 atom stereocenters. The van der Waals surface area contributed by atoms with Gasteiger partial charge in [0.15, 0.2) is 0 Å². The molecule has 0 spiro atoms. The third kappa shape index (κ3) is 4.00. The minimum atomic E-state index is 0.945. The molecule has 0 aliphatic rings. The molecule has 27 heavy (non-hydrogen) atoms. The smallest absolute Gasteiger partial charge is 0.0720 e. The summed E-state index contributed by atoms with van der Waals surface area (Å²) in [5.41, 5.74) is 3.78. The second-order valence-corrected chi connectivity index (χ2v) is 6.01. The van der Waals surface area contributed by atoms with Gasteiger partial charge in [0.2, 0.25) is 0 Å². The van der Waals surface area contributed by atoms with Crippen molar-refractivity contribution in [3.63, 3.8) is 0 Å². The van der Waals surface area contributed by atoms with Gasteiger partial charge in [-0.2, -0.15) is 10.1 Å². The summed E-state index contributed by atoms with van der Waals surface area (Å²) in [6, 6.07) is 40.3. The van der Waals surface area contributed by atoms with Crippen molar-refractivity contribution in [2.45, 2.75) is 0 Å². The van der Waals surface area contributed by atoms with Crippen LogP contribution in [0, 0.1) is 0 Å². The molecule has 0 heterocycles. The molecule has 4 aromatic rings. The highest BCUT2D eigenvalue weighted by Gasteiger charge is 2.18. The van der Waals surface area contributed by atoms with Crippen molar-refractivity contribution >= 4 is 22.7 Å². The summed E-state index contributed by atoms with van der Waals surface area (Å²) in [5, 5.41) is 3.67. The normalized spacial score (nSPS) is 10.4. The summed E-state index contributed by atoms with van der Waals surface area (Å²) in [6.07, 6.45) is 0. The van der Waals surface area contributed by atoms with E-state index < -0.39 is 0 Å². The van der Waals surface area contributed by atoms with Crippen LogP contribution in [0.5, 0.6) is 0 Å². The second kappa shape index (κ2) is 8.21. The van der Waals surface area contributed by atoms with Crippen molar-refractivity contribution in [3.05, 3.63) is 121 Å². The number of hydrogen-bond donors (Lipinski definition) is 0. The molecule has 0 N–H and O–H groups in total. The van der Waals surface area contributed by atoms with Crippen LogP contribution in [0.25, 0.3) is 0 Å². The van der Waals surface area contributed by atoms with E-state index in [1.54, 1.807) is 0 Å². The highest BCUT2D eigenvalue weighted by atomic mass is 16.8. The molecular weight excluding hydrogens is 332 g/mol. The molecular formula is C24H20N2O. The summed E-state index contributed by atoms with van der Waals surface area (Å²) >= 11 is 0. The standard InChI is InChI=1S/C24H20N2O/c1-5-13-21(14-6-1)25(22-15-7-2-8-16-22)27-26(23-17-9-3-10-18-23)24-19-11-4-12-20-24/h1-20H. The average Bonchev–Trinajstić information content (AvgIpc) is 2.77. The van der Waals surface area contributed by atoms with E-state index >= 15 is 0 Å². The van der Waals surface area contributed by atoms with Gasteiger partial charge < -0.3 is 0 Å². The molecule has 0 saturated carbocycles. The van der Waals surface area contributed by atoms with Crippen LogP contribution in [-0.2, 0) is 4.94 Å². The molecule has 3 nitrogen and oxygen atoms in total. The third-order valence-electron chi connectivity index (χ3n) is 4.13. The largest absolute Gasteiger partial charge is 0.197 e. The molecule has 0 radical (unpaired) electrons. The number of anilines is 4. The van der Waals surface area contributed by atoms with Crippen molar-refractivity contribution in [1.29, 1.82) is 0 Å². The first-order chi connectivity index (χ1) is 13.4. The van der Waals surface area contributed by atoms with Gasteiger partial charge in [-0.3, -0.25) is 0 Å². The maximum Gasteiger partial charge on any atom is 0.0720 e. The Morgan fingerprint density at radius 2 is 0.556 bits per heavy atom. The first kappa shape index (κ1) is 16.9. The molecule has 0 fully saturated rings. The van der Waals surface area contributed by atoms with E-state index in [9.17, 15) is 0 Å². The van der Waals surface area contributed by atoms with Crippen molar-refractivity contribution in [2.24, 2.45) is 0 Å². The third-order valence-corrected chi connectivity index (χ3v) is 4.13. The topological polar surface area (TPSA) is 15.7 Å². The fraction of sp³-hybridized carbons (Fsp3) is 0.